The summed E-state index contributed by atoms with van der Waals surface area (Å²) in [7, 11) is 0. The van der Waals surface area contributed by atoms with Gasteiger partial charge in [0.15, 0.2) is 0 Å². The lowest BCUT2D eigenvalue weighted by Gasteiger charge is -2.09. The first-order valence-electron chi connectivity index (χ1n) is 12.3. The average Bonchev–Trinajstić information content (AvgIpc) is 3.40. The highest BCUT2D eigenvalue weighted by Crippen LogP contribution is 2.43. The Kier molecular flexibility index (Phi) is 8.11. The Morgan fingerprint density at radius 2 is 0.846 bits per heavy atom. The molecule has 190 valence electrons. The second-order valence-electron chi connectivity index (χ2n) is 8.46. The summed E-state index contributed by atoms with van der Waals surface area (Å²) < 4.78 is 0. The van der Waals surface area contributed by atoms with E-state index < -0.39 is 11.8 Å². The predicted molar refractivity (Wildman–Crippen MR) is 158 cm³/mol. The summed E-state index contributed by atoms with van der Waals surface area (Å²) in [6.07, 6.45) is 3.16. The molecule has 0 unspecified atom stereocenters. The molecule has 5 aromatic rings. The van der Waals surface area contributed by atoms with E-state index >= 15 is 0 Å². The van der Waals surface area contributed by atoms with Crippen molar-refractivity contribution in [2.24, 2.45) is 10.2 Å². The van der Waals surface area contributed by atoms with E-state index in [-0.39, 0.29) is 0 Å². The van der Waals surface area contributed by atoms with Crippen LogP contribution in [0.5, 0.6) is 0 Å². The molecule has 0 saturated heterocycles. The van der Waals surface area contributed by atoms with Crippen molar-refractivity contribution in [3.8, 4) is 22.3 Å². The third-order valence-corrected chi connectivity index (χ3v) is 6.99. The van der Waals surface area contributed by atoms with Crippen molar-refractivity contribution >= 4 is 35.6 Å². The monoisotopic (exact) mass is 528 g/mol. The molecular weight excluding hydrogens is 504 g/mol. The molecule has 1 aromatic heterocycles. The van der Waals surface area contributed by atoms with E-state index in [1.54, 1.807) is 12.4 Å². The normalized spacial score (nSPS) is 11.1. The zero-order valence-corrected chi connectivity index (χ0v) is 21.6. The fraction of sp³-hybridized carbons (Fsp3) is 0. The summed E-state index contributed by atoms with van der Waals surface area (Å²) in [5.74, 6) is -0.815. The average molecular weight is 529 g/mol. The van der Waals surface area contributed by atoms with Crippen LogP contribution in [-0.2, 0) is 0 Å². The number of hydrogen-bond acceptors (Lipinski definition) is 5. The standard InChI is InChI=1S/C32H24N4O2S/c37-31(35-33-21-23-13-5-1-6-14-23)29-27(25-17-9-3-10-18-25)28(26-19-11-4-12-20-26)30(39-29)32(38)36-34-22-24-15-7-2-8-16-24/h1-22H,(H,35,37)(H,36,38)/b33-21-,34-22-. The predicted octanol–water partition coefficient (Wildman–Crippen LogP) is 6.61. The Balaban J connectivity index is 1.56. The SMILES string of the molecule is O=C(N/N=C\c1ccccc1)c1sc(C(=O)N/N=C\c2ccccc2)c(-c2ccccc2)c1-c1ccccc1. The van der Waals surface area contributed by atoms with E-state index in [0.29, 0.717) is 20.9 Å². The molecule has 0 bridgehead atoms. The van der Waals surface area contributed by atoms with Gasteiger partial charge >= 0.3 is 0 Å². The fourth-order valence-corrected chi connectivity index (χ4v) is 5.15. The van der Waals surface area contributed by atoms with Crippen molar-refractivity contribution in [1.29, 1.82) is 0 Å². The number of rotatable bonds is 8. The second kappa shape index (κ2) is 12.4. The largest absolute Gasteiger partial charge is 0.282 e. The van der Waals surface area contributed by atoms with Crippen LogP contribution in [0.15, 0.2) is 132 Å². The first kappa shape index (κ1) is 25.5. The van der Waals surface area contributed by atoms with Crippen molar-refractivity contribution in [3.05, 3.63) is 142 Å². The molecule has 0 aliphatic carbocycles. The highest BCUT2D eigenvalue weighted by atomic mass is 32.1. The molecule has 39 heavy (non-hydrogen) atoms. The van der Waals surface area contributed by atoms with Crippen molar-refractivity contribution in [2.75, 3.05) is 0 Å². The number of benzene rings is 4. The molecule has 1 heterocycles. The second-order valence-corrected chi connectivity index (χ2v) is 9.48. The third-order valence-electron chi connectivity index (χ3n) is 5.80. The first-order chi connectivity index (χ1) is 19.2. The Bertz CT molecular complexity index is 1490. The number of carbonyl (C=O) groups is 2. The molecule has 0 fully saturated rings. The number of thiophene rings is 1. The molecule has 7 heteroatoms. The van der Waals surface area contributed by atoms with Crippen LogP contribution in [0.2, 0.25) is 0 Å². The summed E-state index contributed by atoms with van der Waals surface area (Å²) in [6, 6.07) is 38.1. The van der Waals surface area contributed by atoms with Crippen LogP contribution in [0.4, 0.5) is 0 Å². The minimum absolute atomic E-state index is 0.377. The molecule has 0 saturated carbocycles. The number of hydrogen-bond donors (Lipinski definition) is 2. The number of nitrogens with one attached hydrogen (secondary N) is 2. The van der Waals surface area contributed by atoms with Gasteiger partial charge in [-0.15, -0.1) is 11.3 Å². The quantitative estimate of drug-likeness (QED) is 0.175. The summed E-state index contributed by atoms with van der Waals surface area (Å²) in [6.45, 7) is 0. The minimum Gasteiger partial charge on any atom is -0.266 e. The molecule has 0 radical (unpaired) electrons. The molecule has 2 N–H and O–H groups in total. The minimum atomic E-state index is -0.407. The number of hydrazone groups is 2. The van der Waals surface area contributed by atoms with E-state index in [9.17, 15) is 9.59 Å². The molecular formula is C32H24N4O2S. The fourth-order valence-electron chi connectivity index (χ4n) is 4.02. The molecule has 2 amide bonds. The molecule has 0 atom stereocenters. The van der Waals surface area contributed by atoms with Gasteiger partial charge in [-0.3, -0.25) is 9.59 Å². The summed E-state index contributed by atoms with van der Waals surface area (Å²) in [5.41, 5.74) is 9.94. The van der Waals surface area contributed by atoms with Crippen molar-refractivity contribution in [2.45, 2.75) is 0 Å². The van der Waals surface area contributed by atoms with Crippen LogP contribution in [-0.4, -0.2) is 24.2 Å². The molecule has 0 spiro atoms. The molecule has 5 rings (SSSR count). The lowest BCUT2D eigenvalue weighted by atomic mass is 9.94. The summed E-state index contributed by atoms with van der Waals surface area (Å²) in [5, 5.41) is 8.30. The van der Waals surface area contributed by atoms with E-state index in [1.165, 1.54) is 0 Å². The zero-order valence-electron chi connectivity index (χ0n) is 20.8. The maximum atomic E-state index is 13.5. The van der Waals surface area contributed by atoms with Gasteiger partial charge in [0.1, 0.15) is 9.75 Å². The van der Waals surface area contributed by atoms with Gasteiger partial charge in [-0.05, 0) is 22.3 Å². The van der Waals surface area contributed by atoms with Crippen LogP contribution in [0.1, 0.15) is 30.5 Å². The Morgan fingerprint density at radius 1 is 0.513 bits per heavy atom. The Morgan fingerprint density at radius 3 is 1.21 bits per heavy atom. The maximum Gasteiger partial charge on any atom is 0.282 e. The van der Waals surface area contributed by atoms with Crippen LogP contribution in [0, 0.1) is 0 Å². The number of amides is 2. The van der Waals surface area contributed by atoms with Gasteiger partial charge in [-0.1, -0.05) is 121 Å². The van der Waals surface area contributed by atoms with Crippen LogP contribution >= 0.6 is 11.3 Å². The first-order valence-corrected chi connectivity index (χ1v) is 13.1. The lowest BCUT2D eigenvalue weighted by Crippen LogP contribution is -2.17. The molecule has 4 aromatic carbocycles. The maximum absolute atomic E-state index is 13.5. The van der Waals surface area contributed by atoms with Crippen LogP contribution in [0.25, 0.3) is 22.3 Å². The topological polar surface area (TPSA) is 82.9 Å². The van der Waals surface area contributed by atoms with Gasteiger partial charge in [-0.2, -0.15) is 10.2 Å². The van der Waals surface area contributed by atoms with Gasteiger partial charge in [0.25, 0.3) is 11.8 Å². The van der Waals surface area contributed by atoms with Crippen LogP contribution in [0.3, 0.4) is 0 Å². The van der Waals surface area contributed by atoms with E-state index in [4.69, 9.17) is 0 Å². The van der Waals surface area contributed by atoms with Gasteiger partial charge < -0.3 is 0 Å². The van der Waals surface area contributed by atoms with Crippen molar-refractivity contribution in [3.63, 3.8) is 0 Å². The highest BCUT2D eigenvalue weighted by Gasteiger charge is 2.28. The number of carbonyl (C=O) groups excluding carboxylic acids is 2. The van der Waals surface area contributed by atoms with Crippen molar-refractivity contribution < 1.29 is 9.59 Å². The lowest BCUT2D eigenvalue weighted by molar-refractivity contribution is 0.0953. The smallest absolute Gasteiger partial charge is 0.266 e. The van der Waals surface area contributed by atoms with Gasteiger partial charge in [0, 0.05) is 11.1 Å². The Labute approximate surface area is 230 Å². The molecule has 6 nitrogen and oxygen atoms in total. The van der Waals surface area contributed by atoms with E-state index in [1.807, 2.05) is 121 Å². The number of nitrogens with zero attached hydrogens (tertiary/aromatic N) is 2. The van der Waals surface area contributed by atoms with E-state index in [2.05, 4.69) is 21.1 Å². The highest BCUT2D eigenvalue weighted by molar-refractivity contribution is 7.17. The summed E-state index contributed by atoms with van der Waals surface area (Å²) in [4.78, 5) is 27.7. The van der Waals surface area contributed by atoms with Gasteiger partial charge in [0.2, 0.25) is 0 Å². The zero-order chi connectivity index (χ0) is 26.9. The summed E-state index contributed by atoms with van der Waals surface area (Å²) >= 11 is 1.11. The van der Waals surface area contributed by atoms with Crippen LogP contribution < -0.4 is 10.9 Å². The molecule has 0 aliphatic heterocycles. The van der Waals surface area contributed by atoms with E-state index in [0.717, 1.165) is 33.6 Å². The third kappa shape index (κ3) is 6.23. The van der Waals surface area contributed by atoms with Gasteiger partial charge in [-0.25, -0.2) is 10.9 Å². The van der Waals surface area contributed by atoms with Crippen molar-refractivity contribution in [1.82, 2.24) is 10.9 Å². The van der Waals surface area contributed by atoms with Gasteiger partial charge in [0.05, 0.1) is 12.4 Å². The Hall–Kier alpha value is -5.14. The molecule has 0 aliphatic rings.